The van der Waals surface area contributed by atoms with E-state index in [4.69, 9.17) is 14.4 Å². The molecular weight excluding hydrogens is 611 g/mol. The van der Waals surface area contributed by atoms with Crippen molar-refractivity contribution >= 4 is 54.6 Å². The van der Waals surface area contributed by atoms with Crippen LogP contribution in [0.4, 0.5) is 0 Å². The molecule has 0 saturated carbocycles. The summed E-state index contributed by atoms with van der Waals surface area (Å²) in [5.74, 6) is 1.06. The Morgan fingerprint density at radius 3 is 2.04 bits per heavy atom. The fourth-order valence-electron chi connectivity index (χ4n) is 7.68. The maximum absolute atomic E-state index is 6.60. The molecule has 10 aromatic rings. The van der Waals surface area contributed by atoms with Gasteiger partial charge in [-0.05, 0) is 65.2 Å². The molecule has 0 fully saturated rings. The molecule has 3 aromatic heterocycles. The minimum atomic E-state index is 0.858. The number of aryl methyl sites for hydroxylation is 1. The molecule has 0 aliphatic heterocycles. The van der Waals surface area contributed by atoms with Crippen molar-refractivity contribution in [2.75, 3.05) is 0 Å². The molecule has 0 N–H and O–H groups in total. The van der Waals surface area contributed by atoms with Crippen molar-refractivity contribution in [2.24, 2.45) is 0 Å². The zero-order valence-electron chi connectivity index (χ0n) is 27.5. The Labute approximate surface area is 288 Å². The number of aromatic nitrogens is 3. The largest absolute Gasteiger partial charge is 0.456 e. The highest BCUT2D eigenvalue weighted by molar-refractivity contribution is 6.27. The SMILES string of the molecule is CCc1nc2ccccc2n1-c1ccc(-c2cccc(-c3c4c(cc5c(-c6ccccc6)nc6ccccc6c35)oc3ccccc34)c2)cc1. The number of rotatable bonds is 5. The Balaban J connectivity index is 1.22. The smallest absolute Gasteiger partial charge is 0.136 e. The summed E-state index contributed by atoms with van der Waals surface area (Å²) in [6.45, 7) is 2.16. The molecule has 0 atom stereocenters. The summed E-state index contributed by atoms with van der Waals surface area (Å²) in [5.41, 5.74) is 12.6. The van der Waals surface area contributed by atoms with Crippen LogP contribution < -0.4 is 0 Å². The molecule has 3 heterocycles. The van der Waals surface area contributed by atoms with Crippen LogP contribution in [0, 0.1) is 0 Å². The van der Waals surface area contributed by atoms with Crippen molar-refractivity contribution in [1.82, 2.24) is 14.5 Å². The zero-order chi connectivity index (χ0) is 33.2. The highest BCUT2D eigenvalue weighted by Gasteiger charge is 2.22. The van der Waals surface area contributed by atoms with Gasteiger partial charge in [-0.25, -0.2) is 9.97 Å². The molecule has 4 heteroatoms. The van der Waals surface area contributed by atoms with Gasteiger partial charge in [0.15, 0.2) is 0 Å². The number of hydrogen-bond acceptors (Lipinski definition) is 3. The van der Waals surface area contributed by atoms with Crippen LogP contribution in [-0.4, -0.2) is 14.5 Å². The quantitative estimate of drug-likeness (QED) is 0.176. The lowest BCUT2D eigenvalue weighted by Gasteiger charge is -2.16. The van der Waals surface area contributed by atoms with E-state index in [0.717, 1.165) is 101 Å². The van der Waals surface area contributed by atoms with Gasteiger partial charge in [0.05, 0.1) is 22.2 Å². The third-order valence-electron chi connectivity index (χ3n) is 9.93. The third kappa shape index (κ3) is 4.39. The normalized spacial score (nSPS) is 11.8. The molecule has 50 heavy (non-hydrogen) atoms. The molecule has 0 aliphatic rings. The summed E-state index contributed by atoms with van der Waals surface area (Å²) in [6, 6.07) is 55.7. The maximum Gasteiger partial charge on any atom is 0.136 e. The first-order valence-electron chi connectivity index (χ1n) is 17.1. The zero-order valence-corrected chi connectivity index (χ0v) is 27.5. The first-order chi connectivity index (χ1) is 24.7. The summed E-state index contributed by atoms with van der Waals surface area (Å²) in [5, 5.41) is 5.61. The van der Waals surface area contributed by atoms with E-state index in [1.807, 2.05) is 18.2 Å². The van der Waals surface area contributed by atoms with Gasteiger partial charge >= 0.3 is 0 Å². The van der Waals surface area contributed by atoms with Gasteiger partial charge in [0.25, 0.3) is 0 Å². The van der Waals surface area contributed by atoms with Gasteiger partial charge in [0, 0.05) is 50.2 Å². The molecule has 0 spiro atoms. The van der Waals surface area contributed by atoms with Gasteiger partial charge in [-0.1, -0.05) is 116 Å². The summed E-state index contributed by atoms with van der Waals surface area (Å²) in [6.07, 6.45) is 0.858. The van der Waals surface area contributed by atoms with Gasteiger partial charge in [0.1, 0.15) is 17.0 Å². The van der Waals surface area contributed by atoms with E-state index in [2.05, 4.69) is 151 Å². The predicted molar refractivity (Wildman–Crippen MR) is 207 cm³/mol. The highest BCUT2D eigenvalue weighted by atomic mass is 16.3. The van der Waals surface area contributed by atoms with E-state index in [0.29, 0.717) is 0 Å². The van der Waals surface area contributed by atoms with Gasteiger partial charge in [0.2, 0.25) is 0 Å². The van der Waals surface area contributed by atoms with Crippen LogP contribution >= 0.6 is 0 Å². The Bertz CT molecular complexity index is 2900. The Morgan fingerprint density at radius 2 is 1.20 bits per heavy atom. The second-order valence-corrected chi connectivity index (χ2v) is 12.8. The summed E-state index contributed by atoms with van der Waals surface area (Å²) < 4.78 is 8.88. The lowest BCUT2D eigenvalue weighted by molar-refractivity contribution is 0.669. The molecule has 7 aromatic carbocycles. The molecule has 0 unspecified atom stereocenters. The first kappa shape index (κ1) is 28.5. The standard InChI is InChI=1S/C46H31N3O/c1-2-42-47-38-20-9-10-21-39(38)49(42)33-25-23-29(24-26-33)31-15-12-16-32(27-31)43-44-34-17-6-8-19-37(34)48-46(30-13-4-3-5-14-30)36(44)28-41-45(43)35-18-7-11-22-40(35)50-41/h3-28H,2H2,1H3. The van der Waals surface area contributed by atoms with E-state index in [1.54, 1.807) is 0 Å². The van der Waals surface area contributed by atoms with E-state index in [1.165, 1.54) is 5.39 Å². The van der Waals surface area contributed by atoms with Crippen LogP contribution in [0.5, 0.6) is 0 Å². The molecule has 0 radical (unpaired) electrons. The minimum absolute atomic E-state index is 0.858. The number of para-hydroxylation sites is 4. The lowest BCUT2D eigenvalue weighted by atomic mass is 9.88. The van der Waals surface area contributed by atoms with E-state index >= 15 is 0 Å². The number of nitrogens with zero attached hydrogens (tertiary/aromatic N) is 3. The third-order valence-corrected chi connectivity index (χ3v) is 9.93. The molecule has 0 saturated heterocycles. The van der Waals surface area contributed by atoms with Gasteiger partial charge < -0.3 is 4.42 Å². The van der Waals surface area contributed by atoms with E-state index in [9.17, 15) is 0 Å². The van der Waals surface area contributed by atoms with Crippen molar-refractivity contribution in [3.8, 4) is 39.2 Å². The molecule has 4 nitrogen and oxygen atoms in total. The van der Waals surface area contributed by atoms with Crippen molar-refractivity contribution < 1.29 is 4.42 Å². The van der Waals surface area contributed by atoms with Crippen molar-refractivity contribution in [3.05, 3.63) is 164 Å². The molecule has 0 bridgehead atoms. The van der Waals surface area contributed by atoms with Gasteiger partial charge in [-0.15, -0.1) is 0 Å². The number of pyridine rings is 1. The fourth-order valence-corrected chi connectivity index (χ4v) is 7.68. The number of fused-ring (bicyclic) bond motifs is 7. The topological polar surface area (TPSA) is 43.9 Å². The number of hydrogen-bond donors (Lipinski definition) is 0. The van der Waals surface area contributed by atoms with Crippen molar-refractivity contribution in [2.45, 2.75) is 13.3 Å². The van der Waals surface area contributed by atoms with Crippen LogP contribution in [0.25, 0.3) is 93.8 Å². The number of benzene rings is 7. The van der Waals surface area contributed by atoms with Crippen LogP contribution in [0.2, 0.25) is 0 Å². The molecule has 236 valence electrons. The number of imidazole rings is 1. The van der Waals surface area contributed by atoms with Crippen LogP contribution in [0.1, 0.15) is 12.7 Å². The molecule has 10 rings (SSSR count). The van der Waals surface area contributed by atoms with E-state index in [-0.39, 0.29) is 0 Å². The van der Waals surface area contributed by atoms with Gasteiger partial charge in [-0.2, -0.15) is 0 Å². The Morgan fingerprint density at radius 1 is 0.500 bits per heavy atom. The summed E-state index contributed by atoms with van der Waals surface area (Å²) >= 11 is 0. The molecule has 0 aliphatic carbocycles. The Kier molecular flexibility index (Phi) is 6.43. The average molecular weight is 642 g/mol. The fraction of sp³-hybridized carbons (Fsp3) is 0.0435. The maximum atomic E-state index is 6.60. The monoisotopic (exact) mass is 641 g/mol. The lowest BCUT2D eigenvalue weighted by Crippen LogP contribution is -1.99. The molecule has 0 amide bonds. The Hall–Kier alpha value is -6.52. The highest BCUT2D eigenvalue weighted by Crippen LogP contribution is 2.46. The average Bonchev–Trinajstić information content (AvgIpc) is 3.75. The van der Waals surface area contributed by atoms with Crippen LogP contribution in [0.3, 0.4) is 0 Å². The predicted octanol–water partition coefficient (Wildman–Crippen LogP) is 12.2. The summed E-state index contributed by atoms with van der Waals surface area (Å²) in [4.78, 5) is 10.1. The second-order valence-electron chi connectivity index (χ2n) is 12.8. The van der Waals surface area contributed by atoms with Crippen molar-refractivity contribution in [1.29, 1.82) is 0 Å². The van der Waals surface area contributed by atoms with E-state index < -0.39 is 0 Å². The number of furan rings is 1. The minimum Gasteiger partial charge on any atom is -0.456 e. The second kappa shape index (κ2) is 11.3. The van der Waals surface area contributed by atoms with Crippen LogP contribution in [-0.2, 0) is 6.42 Å². The van der Waals surface area contributed by atoms with Crippen molar-refractivity contribution in [3.63, 3.8) is 0 Å². The van der Waals surface area contributed by atoms with Gasteiger partial charge in [-0.3, -0.25) is 4.57 Å². The van der Waals surface area contributed by atoms with Crippen LogP contribution in [0.15, 0.2) is 162 Å². The summed E-state index contributed by atoms with van der Waals surface area (Å²) in [7, 11) is 0. The molecular formula is C46H31N3O. The first-order valence-corrected chi connectivity index (χ1v) is 17.1.